The summed E-state index contributed by atoms with van der Waals surface area (Å²) in [6, 6.07) is 18.5. The predicted molar refractivity (Wildman–Crippen MR) is 125 cm³/mol. The number of aromatic hydroxyl groups is 1. The Morgan fingerprint density at radius 3 is 2.50 bits per heavy atom. The van der Waals surface area contributed by atoms with Crippen molar-refractivity contribution in [3.8, 4) is 5.75 Å². The second kappa shape index (κ2) is 9.40. The molecule has 2 N–H and O–H groups in total. The summed E-state index contributed by atoms with van der Waals surface area (Å²) in [5, 5.41) is 15.2. The Kier molecular flexibility index (Phi) is 6.42. The highest BCUT2D eigenvalue weighted by atomic mass is 16.3. The summed E-state index contributed by atoms with van der Waals surface area (Å²) in [4.78, 5) is 29.8. The SMILES string of the molecule is CN(C)Cc1ccc(CNC(=O)C2CCCN2C(=O)c2ccc3ccccc3c2O)cc1. The first-order valence-corrected chi connectivity index (χ1v) is 11.0. The van der Waals surface area contributed by atoms with E-state index in [9.17, 15) is 14.7 Å². The number of rotatable bonds is 6. The lowest BCUT2D eigenvalue weighted by atomic mass is 10.0. The number of likely N-dealkylation sites (tertiary alicyclic amines) is 1. The molecule has 1 unspecified atom stereocenters. The molecule has 2 amide bonds. The van der Waals surface area contributed by atoms with Gasteiger partial charge in [-0.1, -0.05) is 54.6 Å². The van der Waals surface area contributed by atoms with Crippen LogP contribution in [0.25, 0.3) is 10.8 Å². The molecular weight excluding hydrogens is 402 g/mol. The summed E-state index contributed by atoms with van der Waals surface area (Å²) in [6.45, 7) is 1.79. The highest BCUT2D eigenvalue weighted by molar-refractivity contribution is 6.05. The molecule has 0 radical (unpaired) electrons. The third kappa shape index (κ3) is 4.60. The fourth-order valence-corrected chi connectivity index (χ4v) is 4.30. The number of phenolic OH excluding ortho intramolecular Hbond substituents is 1. The lowest BCUT2D eigenvalue weighted by Crippen LogP contribution is -2.45. The zero-order chi connectivity index (χ0) is 22.7. The average Bonchev–Trinajstić information content (AvgIpc) is 3.28. The predicted octanol–water partition coefficient (Wildman–Crippen LogP) is 3.53. The van der Waals surface area contributed by atoms with Crippen molar-refractivity contribution in [3.63, 3.8) is 0 Å². The van der Waals surface area contributed by atoms with E-state index in [1.165, 1.54) is 5.56 Å². The van der Waals surface area contributed by atoms with Crippen molar-refractivity contribution < 1.29 is 14.7 Å². The first kappa shape index (κ1) is 21.8. The topological polar surface area (TPSA) is 72.9 Å². The van der Waals surface area contributed by atoms with E-state index in [-0.39, 0.29) is 23.1 Å². The maximum atomic E-state index is 13.2. The van der Waals surface area contributed by atoms with Gasteiger partial charge >= 0.3 is 0 Å². The van der Waals surface area contributed by atoms with Crippen molar-refractivity contribution in [1.29, 1.82) is 0 Å². The molecule has 1 heterocycles. The van der Waals surface area contributed by atoms with Crippen LogP contribution < -0.4 is 5.32 Å². The maximum Gasteiger partial charge on any atom is 0.258 e. The molecule has 0 spiro atoms. The van der Waals surface area contributed by atoms with Gasteiger partial charge in [-0.3, -0.25) is 9.59 Å². The molecule has 32 heavy (non-hydrogen) atoms. The number of benzene rings is 3. The van der Waals surface area contributed by atoms with Crippen LogP contribution in [0.5, 0.6) is 5.75 Å². The van der Waals surface area contributed by atoms with Gasteiger partial charge < -0.3 is 20.2 Å². The van der Waals surface area contributed by atoms with Gasteiger partial charge in [0.25, 0.3) is 5.91 Å². The average molecular weight is 432 g/mol. The minimum atomic E-state index is -0.526. The highest BCUT2D eigenvalue weighted by Gasteiger charge is 2.35. The van der Waals surface area contributed by atoms with Crippen LogP contribution in [0.4, 0.5) is 0 Å². The summed E-state index contributed by atoms with van der Waals surface area (Å²) in [7, 11) is 4.06. The number of carbonyl (C=O) groups is 2. The maximum absolute atomic E-state index is 13.2. The first-order valence-electron chi connectivity index (χ1n) is 11.0. The molecule has 1 aliphatic rings. The fourth-order valence-electron chi connectivity index (χ4n) is 4.30. The van der Waals surface area contributed by atoms with Gasteiger partial charge in [-0.15, -0.1) is 0 Å². The van der Waals surface area contributed by atoms with Crippen LogP contribution in [0, 0.1) is 0 Å². The van der Waals surface area contributed by atoms with Gasteiger partial charge in [-0.2, -0.15) is 0 Å². The summed E-state index contributed by atoms with van der Waals surface area (Å²) in [5.41, 5.74) is 2.47. The van der Waals surface area contributed by atoms with Crippen LogP contribution in [0.1, 0.15) is 34.3 Å². The van der Waals surface area contributed by atoms with E-state index in [1.54, 1.807) is 17.0 Å². The quantitative estimate of drug-likeness (QED) is 0.626. The summed E-state index contributed by atoms with van der Waals surface area (Å²) < 4.78 is 0. The van der Waals surface area contributed by atoms with Crippen molar-refractivity contribution in [2.75, 3.05) is 20.6 Å². The molecule has 1 atom stereocenters. The first-order chi connectivity index (χ1) is 15.4. The van der Waals surface area contributed by atoms with Crippen molar-refractivity contribution in [2.45, 2.75) is 32.0 Å². The van der Waals surface area contributed by atoms with E-state index in [0.717, 1.165) is 23.9 Å². The van der Waals surface area contributed by atoms with Crippen LogP contribution in [0.15, 0.2) is 60.7 Å². The molecule has 6 nitrogen and oxygen atoms in total. The van der Waals surface area contributed by atoms with Crippen LogP contribution in [0.2, 0.25) is 0 Å². The van der Waals surface area contributed by atoms with Gasteiger partial charge in [-0.05, 0) is 49.5 Å². The number of hydrogen-bond donors (Lipinski definition) is 2. The number of amides is 2. The Labute approximate surface area is 188 Å². The van der Waals surface area contributed by atoms with Crippen molar-refractivity contribution in [2.24, 2.45) is 0 Å². The standard InChI is InChI=1S/C26H29N3O3/c1-28(2)17-19-11-9-18(10-12-19)16-27-25(31)23-8-5-15-29(23)26(32)22-14-13-20-6-3-4-7-21(20)24(22)30/h3-4,6-7,9-14,23,30H,5,8,15-17H2,1-2H3,(H,27,31). The molecule has 6 heteroatoms. The highest BCUT2D eigenvalue weighted by Crippen LogP contribution is 2.31. The van der Waals surface area contributed by atoms with E-state index in [2.05, 4.69) is 22.3 Å². The van der Waals surface area contributed by atoms with E-state index in [4.69, 9.17) is 0 Å². The zero-order valence-corrected chi connectivity index (χ0v) is 18.5. The smallest absolute Gasteiger partial charge is 0.258 e. The second-order valence-corrected chi connectivity index (χ2v) is 8.61. The third-order valence-corrected chi connectivity index (χ3v) is 5.94. The molecular formula is C26H29N3O3. The largest absolute Gasteiger partial charge is 0.506 e. The number of phenols is 1. The molecule has 3 aromatic rings. The fraction of sp³-hybridized carbons (Fsp3) is 0.308. The molecule has 1 fully saturated rings. The number of fused-ring (bicyclic) bond motifs is 1. The van der Waals surface area contributed by atoms with Gasteiger partial charge in [0.1, 0.15) is 11.8 Å². The third-order valence-electron chi connectivity index (χ3n) is 5.94. The monoisotopic (exact) mass is 431 g/mol. The molecule has 0 bridgehead atoms. The Balaban J connectivity index is 1.43. The molecule has 1 aliphatic heterocycles. The molecule has 0 aromatic heterocycles. The normalized spacial score (nSPS) is 16.0. The number of nitrogens with one attached hydrogen (secondary N) is 1. The second-order valence-electron chi connectivity index (χ2n) is 8.61. The number of hydrogen-bond acceptors (Lipinski definition) is 4. The zero-order valence-electron chi connectivity index (χ0n) is 18.5. The summed E-state index contributed by atoms with van der Waals surface area (Å²) in [6.07, 6.45) is 1.38. The van der Waals surface area contributed by atoms with Crippen molar-refractivity contribution in [3.05, 3.63) is 77.4 Å². The van der Waals surface area contributed by atoms with Crippen LogP contribution in [0.3, 0.4) is 0 Å². The van der Waals surface area contributed by atoms with E-state index in [1.807, 2.05) is 50.5 Å². The lowest BCUT2D eigenvalue weighted by Gasteiger charge is -2.24. The van der Waals surface area contributed by atoms with Gasteiger partial charge in [-0.25, -0.2) is 0 Å². The van der Waals surface area contributed by atoms with Gasteiger partial charge in [0, 0.05) is 25.0 Å². The van der Waals surface area contributed by atoms with Crippen molar-refractivity contribution in [1.82, 2.24) is 15.1 Å². The van der Waals surface area contributed by atoms with E-state index < -0.39 is 6.04 Å². The van der Waals surface area contributed by atoms with E-state index in [0.29, 0.717) is 24.9 Å². The molecule has 166 valence electrons. The minimum Gasteiger partial charge on any atom is -0.506 e. The Bertz CT molecular complexity index is 1120. The number of nitrogens with zero attached hydrogens (tertiary/aromatic N) is 2. The molecule has 1 saturated heterocycles. The Hall–Kier alpha value is -3.38. The minimum absolute atomic E-state index is 0.0306. The Morgan fingerprint density at radius 2 is 1.75 bits per heavy atom. The van der Waals surface area contributed by atoms with Crippen molar-refractivity contribution >= 4 is 22.6 Å². The van der Waals surface area contributed by atoms with Crippen LogP contribution in [-0.2, 0) is 17.9 Å². The van der Waals surface area contributed by atoms with Crippen LogP contribution in [-0.4, -0.2) is 53.4 Å². The van der Waals surface area contributed by atoms with E-state index >= 15 is 0 Å². The van der Waals surface area contributed by atoms with Crippen LogP contribution >= 0.6 is 0 Å². The number of carbonyl (C=O) groups excluding carboxylic acids is 2. The molecule has 0 saturated carbocycles. The van der Waals surface area contributed by atoms with Gasteiger partial charge in [0.05, 0.1) is 5.56 Å². The molecule has 3 aromatic carbocycles. The van der Waals surface area contributed by atoms with Gasteiger partial charge in [0.2, 0.25) is 5.91 Å². The summed E-state index contributed by atoms with van der Waals surface area (Å²) >= 11 is 0. The molecule has 4 rings (SSSR count). The molecule has 0 aliphatic carbocycles. The summed E-state index contributed by atoms with van der Waals surface area (Å²) in [5.74, 6) is -0.496. The van der Waals surface area contributed by atoms with Gasteiger partial charge in [0.15, 0.2) is 0 Å². The Morgan fingerprint density at radius 1 is 1.03 bits per heavy atom. The lowest BCUT2D eigenvalue weighted by molar-refractivity contribution is -0.125.